The van der Waals surface area contributed by atoms with Crippen LogP contribution in [0.3, 0.4) is 0 Å². The van der Waals surface area contributed by atoms with E-state index in [-0.39, 0.29) is 18.0 Å². The highest BCUT2D eigenvalue weighted by Gasteiger charge is 2.12. The average Bonchev–Trinajstić information content (AvgIpc) is 2.27. The largest absolute Gasteiger partial charge is 1.00 e. The van der Waals surface area contributed by atoms with Crippen molar-refractivity contribution in [2.24, 2.45) is 0 Å². The van der Waals surface area contributed by atoms with Crippen molar-refractivity contribution in [2.45, 2.75) is 0 Å². The number of carboxylic acids is 1. The molecule has 7 heteroatoms. The number of quaternary nitrogens is 1. The molecule has 0 aliphatic rings. The number of aromatic carboxylic acids is 1. The molecular weight excluding hydrogens is 384 g/mol. The third-order valence-electron chi connectivity index (χ3n) is 2.28. The van der Waals surface area contributed by atoms with Crippen molar-refractivity contribution in [1.29, 1.82) is 0 Å². The number of nitrogens with zero attached hydrogens (tertiary/aromatic N) is 1. The Hall–Kier alpha value is -0.730. The number of hydrogen-bond donors (Lipinski definition) is 1. The Balaban J connectivity index is 0.00000324. The number of ether oxygens (including phenoxy) is 1. The molecule has 1 aromatic carbocycles. The molecule has 0 fully saturated rings. The molecule has 1 N–H and O–H groups in total. The summed E-state index contributed by atoms with van der Waals surface area (Å²) in [7, 11) is 6.16. The number of carboxylic acid groups (broad SMARTS) is 1. The first kappa shape index (κ1) is 18.3. The molecule has 0 aliphatic heterocycles. The number of carbonyl (C=O) groups is 1. The van der Waals surface area contributed by atoms with Crippen molar-refractivity contribution in [2.75, 3.05) is 34.3 Å². The lowest BCUT2D eigenvalue weighted by molar-refractivity contribution is -0.870. The van der Waals surface area contributed by atoms with Crippen LogP contribution in [0.5, 0.6) is 5.75 Å². The molecule has 0 aromatic heterocycles. The highest BCUT2D eigenvalue weighted by Crippen LogP contribution is 2.22. The molecule has 0 unspecified atom stereocenters. The lowest BCUT2D eigenvalue weighted by Crippen LogP contribution is -3.00. The number of rotatable bonds is 6. The smallest absolute Gasteiger partial charge is 0.337 e. The SMILES string of the molecule is C[N+](C)(C)CCOc1ccc(I=O)c(C(=O)O)c1.[Cl-]. The van der Waals surface area contributed by atoms with Crippen molar-refractivity contribution >= 4 is 27.2 Å². The van der Waals surface area contributed by atoms with Gasteiger partial charge in [-0.05, 0) is 18.2 Å². The number of hydrogen-bond acceptors (Lipinski definition) is 3. The van der Waals surface area contributed by atoms with Crippen molar-refractivity contribution in [3.05, 3.63) is 27.3 Å². The van der Waals surface area contributed by atoms with Crippen LogP contribution in [0.4, 0.5) is 0 Å². The summed E-state index contributed by atoms with van der Waals surface area (Å²) in [5.41, 5.74) is 0.0700. The maximum Gasteiger partial charge on any atom is 0.337 e. The molecule has 108 valence electrons. The van der Waals surface area contributed by atoms with Crippen LogP contribution < -0.4 is 17.1 Å². The topological polar surface area (TPSA) is 63.6 Å². The van der Waals surface area contributed by atoms with Gasteiger partial charge in [-0.3, -0.25) is 3.07 Å². The fourth-order valence-corrected chi connectivity index (χ4v) is 2.21. The molecule has 0 saturated carbocycles. The van der Waals surface area contributed by atoms with Gasteiger partial charge < -0.3 is 26.7 Å². The van der Waals surface area contributed by atoms with Gasteiger partial charge in [0.2, 0.25) is 0 Å². The monoisotopic (exact) mass is 401 g/mol. The molecule has 0 radical (unpaired) electrons. The molecule has 0 spiro atoms. The van der Waals surface area contributed by atoms with E-state index in [9.17, 15) is 7.86 Å². The molecule has 0 saturated heterocycles. The van der Waals surface area contributed by atoms with Gasteiger partial charge in [0, 0.05) is 0 Å². The summed E-state index contributed by atoms with van der Waals surface area (Å²) < 4.78 is 17.6. The second-order valence-electron chi connectivity index (χ2n) is 4.89. The molecule has 5 nitrogen and oxygen atoms in total. The van der Waals surface area contributed by atoms with Gasteiger partial charge in [-0.2, -0.15) is 0 Å². The maximum absolute atomic E-state index is 11.0. The van der Waals surface area contributed by atoms with Crippen LogP contribution in [0.25, 0.3) is 0 Å². The summed E-state index contributed by atoms with van der Waals surface area (Å²) in [5.74, 6) is -0.570. The predicted molar refractivity (Wildman–Crippen MR) is 75.2 cm³/mol. The molecular formula is C12H17ClINO4. The molecule has 0 heterocycles. The van der Waals surface area contributed by atoms with E-state index in [4.69, 9.17) is 9.84 Å². The van der Waals surface area contributed by atoms with E-state index < -0.39 is 27.2 Å². The van der Waals surface area contributed by atoms with E-state index in [0.29, 0.717) is 15.9 Å². The first-order valence-corrected chi connectivity index (χ1v) is 7.37. The first-order valence-electron chi connectivity index (χ1n) is 5.41. The van der Waals surface area contributed by atoms with Crippen molar-refractivity contribution < 1.29 is 34.6 Å². The molecule has 0 aliphatic carbocycles. The minimum Gasteiger partial charge on any atom is -1.00 e. The summed E-state index contributed by atoms with van der Waals surface area (Å²) in [6.07, 6.45) is 0. The van der Waals surface area contributed by atoms with Crippen LogP contribution >= 0.6 is 21.2 Å². The van der Waals surface area contributed by atoms with Gasteiger partial charge in [0.1, 0.15) is 18.9 Å². The van der Waals surface area contributed by atoms with Crippen LogP contribution in [0.15, 0.2) is 18.2 Å². The third-order valence-corrected chi connectivity index (χ3v) is 3.70. The number of benzene rings is 1. The summed E-state index contributed by atoms with van der Waals surface area (Å²) in [6, 6.07) is 4.66. The number of halogens is 2. The molecule has 0 bridgehead atoms. The minimum atomic E-state index is -1.48. The van der Waals surface area contributed by atoms with Gasteiger partial charge >= 0.3 is 5.97 Å². The summed E-state index contributed by atoms with van der Waals surface area (Å²) >= 11 is -1.48. The molecule has 1 aromatic rings. The Morgan fingerprint density at radius 3 is 2.47 bits per heavy atom. The maximum atomic E-state index is 11.0. The second kappa shape index (κ2) is 7.76. The van der Waals surface area contributed by atoms with Crippen molar-refractivity contribution in [1.82, 2.24) is 0 Å². The highest BCUT2D eigenvalue weighted by atomic mass is 127. The Bertz CT molecular complexity index is 460. The highest BCUT2D eigenvalue weighted by molar-refractivity contribution is 14.1. The molecule has 19 heavy (non-hydrogen) atoms. The first-order chi connectivity index (χ1) is 8.33. The van der Waals surface area contributed by atoms with Gasteiger partial charge in [-0.25, -0.2) is 4.79 Å². The van der Waals surface area contributed by atoms with E-state index in [1.165, 1.54) is 6.07 Å². The van der Waals surface area contributed by atoms with Crippen LogP contribution in [-0.2, 0) is 3.07 Å². The summed E-state index contributed by atoms with van der Waals surface area (Å²) in [6.45, 7) is 1.33. The van der Waals surface area contributed by atoms with Gasteiger partial charge in [0.25, 0.3) is 0 Å². The molecule has 0 amide bonds. The van der Waals surface area contributed by atoms with Gasteiger partial charge in [-0.15, -0.1) is 0 Å². The van der Waals surface area contributed by atoms with E-state index in [1.807, 2.05) is 0 Å². The summed E-state index contributed by atoms with van der Waals surface area (Å²) in [4.78, 5) is 11.0. The van der Waals surface area contributed by atoms with Crippen LogP contribution in [0.1, 0.15) is 10.4 Å². The zero-order valence-electron chi connectivity index (χ0n) is 11.0. The second-order valence-corrected chi connectivity index (χ2v) is 6.49. The van der Waals surface area contributed by atoms with Crippen LogP contribution in [0.2, 0.25) is 0 Å². The zero-order valence-corrected chi connectivity index (χ0v) is 13.9. The lowest BCUT2D eigenvalue weighted by atomic mass is 10.2. The molecule has 1 rings (SSSR count). The van der Waals surface area contributed by atoms with E-state index >= 15 is 0 Å². The third kappa shape index (κ3) is 6.31. The Labute approximate surface area is 129 Å². The van der Waals surface area contributed by atoms with Crippen molar-refractivity contribution in [3.8, 4) is 5.75 Å². The van der Waals surface area contributed by atoms with Crippen LogP contribution in [-0.4, -0.2) is 49.9 Å². The fourth-order valence-electron chi connectivity index (χ4n) is 1.26. The predicted octanol–water partition coefficient (Wildman–Crippen LogP) is -1.04. The Morgan fingerprint density at radius 2 is 2.00 bits per heavy atom. The Morgan fingerprint density at radius 1 is 1.37 bits per heavy atom. The average molecular weight is 402 g/mol. The zero-order chi connectivity index (χ0) is 13.8. The summed E-state index contributed by atoms with van der Waals surface area (Å²) in [5, 5.41) is 9.00. The standard InChI is InChI=1S/C12H16INO4.ClH/c1-14(2,3)6-7-18-9-4-5-11(13-17)10(8-9)12(15)16;/h4-5,8H,6-7H2,1-3H3;1H. The van der Waals surface area contributed by atoms with E-state index in [2.05, 4.69) is 21.1 Å². The lowest BCUT2D eigenvalue weighted by Gasteiger charge is -2.23. The van der Waals surface area contributed by atoms with Crippen LogP contribution in [0, 0.1) is 3.57 Å². The van der Waals surface area contributed by atoms with E-state index in [1.54, 1.807) is 12.1 Å². The molecule has 0 atom stereocenters. The van der Waals surface area contributed by atoms with Gasteiger partial charge in [0.05, 0.1) is 30.3 Å². The van der Waals surface area contributed by atoms with E-state index in [0.717, 1.165) is 11.0 Å². The quantitative estimate of drug-likeness (QED) is 0.489. The van der Waals surface area contributed by atoms with Gasteiger partial charge in [-0.1, -0.05) is 0 Å². The normalized spacial score (nSPS) is 10.7. The van der Waals surface area contributed by atoms with Crippen molar-refractivity contribution in [3.63, 3.8) is 0 Å². The minimum absolute atomic E-state index is 0. The van der Waals surface area contributed by atoms with Gasteiger partial charge in [0.15, 0.2) is 21.2 Å². The Kier molecular flexibility index (Phi) is 7.46. The number of likely N-dealkylation sites (N-methyl/N-ethyl adjacent to an activating group) is 1. The fraction of sp³-hybridized carbons (Fsp3) is 0.417.